The molecule has 0 unspecified atom stereocenters. The summed E-state index contributed by atoms with van der Waals surface area (Å²) in [4.78, 5) is 4.48. The second kappa shape index (κ2) is 5.87. The van der Waals surface area contributed by atoms with Crippen molar-refractivity contribution < 1.29 is 0 Å². The van der Waals surface area contributed by atoms with Gasteiger partial charge in [0.05, 0.1) is 5.03 Å². The van der Waals surface area contributed by atoms with Crippen LogP contribution in [0.4, 0.5) is 0 Å². The molecule has 2 rings (SSSR count). The van der Waals surface area contributed by atoms with Gasteiger partial charge in [-0.1, -0.05) is 50.2 Å². The molecule has 0 amide bonds. The maximum atomic E-state index is 4.48. The van der Waals surface area contributed by atoms with Crippen LogP contribution in [0.2, 0.25) is 0 Å². The van der Waals surface area contributed by atoms with Crippen molar-refractivity contribution in [1.29, 1.82) is 0 Å². The molecule has 88 valence electrons. The maximum absolute atomic E-state index is 4.48. The Balaban J connectivity index is 1.96. The molecule has 0 atom stereocenters. The highest BCUT2D eigenvalue weighted by atomic mass is 32.2. The van der Waals surface area contributed by atoms with Gasteiger partial charge in [-0.2, -0.15) is 0 Å². The number of rotatable bonds is 4. The minimum atomic E-state index is 0.552. The van der Waals surface area contributed by atoms with Gasteiger partial charge < -0.3 is 0 Å². The van der Waals surface area contributed by atoms with E-state index in [0.29, 0.717) is 5.92 Å². The molecule has 0 spiro atoms. The number of hydrogen-bond acceptors (Lipinski definition) is 2. The Hall–Kier alpha value is -1.28. The largest absolute Gasteiger partial charge is 0.250 e. The molecule has 0 radical (unpaired) electrons. The van der Waals surface area contributed by atoms with E-state index in [2.05, 4.69) is 55.2 Å². The summed E-state index contributed by atoms with van der Waals surface area (Å²) in [5, 5.41) is 1.10. The van der Waals surface area contributed by atoms with Gasteiger partial charge in [0.1, 0.15) is 0 Å². The first-order chi connectivity index (χ1) is 8.25. The second-order valence-electron chi connectivity index (χ2n) is 4.36. The van der Waals surface area contributed by atoms with Crippen molar-refractivity contribution in [3.63, 3.8) is 0 Å². The van der Waals surface area contributed by atoms with Gasteiger partial charge >= 0.3 is 0 Å². The molecule has 17 heavy (non-hydrogen) atoms. The summed E-state index contributed by atoms with van der Waals surface area (Å²) in [5.74, 6) is 1.53. The number of pyridine rings is 1. The van der Waals surface area contributed by atoms with Crippen LogP contribution in [0.3, 0.4) is 0 Å². The van der Waals surface area contributed by atoms with E-state index in [4.69, 9.17) is 0 Å². The Morgan fingerprint density at radius 1 is 1.06 bits per heavy atom. The highest BCUT2D eigenvalue weighted by Gasteiger charge is 2.01. The van der Waals surface area contributed by atoms with Crippen molar-refractivity contribution >= 4 is 11.8 Å². The van der Waals surface area contributed by atoms with E-state index in [-0.39, 0.29) is 0 Å². The van der Waals surface area contributed by atoms with Crippen LogP contribution < -0.4 is 0 Å². The molecule has 1 aromatic carbocycles. The number of nitrogens with zero attached hydrogens (tertiary/aromatic N) is 1. The van der Waals surface area contributed by atoms with Gasteiger partial charge in [0.25, 0.3) is 0 Å². The first-order valence-corrected chi connectivity index (χ1v) is 6.87. The normalized spacial score (nSPS) is 10.8. The number of hydrogen-bond donors (Lipinski definition) is 0. The summed E-state index contributed by atoms with van der Waals surface area (Å²) in [6.07, 6.45) is 1.98. The summed E-state index contributed by atoms with van der Waals surface area (Å²) in [6, 6.07) is 14.8. The van der Waals surface area contributed by atoms with Crippen LogP contribution in [-0.4, -0.2) is 4.98 Å². The molecule has 0 aliphatic heterocycles. The average Bonchev–Trinajstić information content (AvgIpc) is 2.38. The SMILES string of the molecule is CC(C)c1ccc(SCc2ccccc2)nc1. The zero-order valence-electron chi connectivity index (χ0n) is 10.3. The van der Waals surface area contributed by atoms with Crippen molar-refractivity contribution in [2.24, 2.45) is 0 Å². The highest BCUT2D eigenvalue weighted by Crippen LogP contribution is 2.22. The quantitative estimate of drug-likeness (QED) is 0.733. The fraction of sp³-hybridized carbons (Fsp3) is 0.267. The zero-order valence-corrected chi connectivity index (χ0v) is 11.1. The van der Waals surface area contributed by atoms with E-state index >= 15 is 0 Å². The van der Waals surface area contributed by atoms with Gasteiger partial charge in [0.2, 0.25) is 0 Å². The molecular weight excluding hydrogens is 226 g/mol. The Labute approximate surface area is 107 Å². The smallest absolute Gasteiger partial charge is 0.0963 e. The molecule has 1 aromatic heterocycles. The topological polar surface area (TPSA) is 12.9 Å². The van der Waals surface area contributed by atoms with Gasteiger partial charge in [-0.3, -0.25) is 0 Å². The van der Waals surface area contributed by atoms with Crippen LogP contribution in [0.1, 0.15) is 30.9 Å². The lowest BCUT2D eigenvalue weighted by Gasteiger charge is -2.05. The van der Waals surface area contributed by atoms with Crippen LogP contribution in [0.25, 0.3) is 0 Å². The molecule has 0 bridgehead atoms. The molecule has 1 nitrogen and oxygen atoms in total. The van der Waals surface area contributed by atoms with Crippen LogP contribution in [-0.2, 0) is 5.75 Å². The molecule has 1 heterocycles. The molecule has 0 aliphatic rings. The van der Waals surface area contributed by atoms with Crippen LogP contribution in [0.5, 0.6) is 0 Å². The van der Waals surface area contributed by atoms with E-state index in [0.717, 1.165) is 10.8 Å². The maximum Gasteiger partial charge on any atom is 0.0963 e. The monoisotopic (exact) mass is 243 g/mol. The number of benzene rings is 1. The third kappa shape index (κ3) is 3.60. The molecule has 0 aliphatic carbocycles. The lowest BCUT2D eigenvalue weighted by atomic mass is 10.1. The minimum Gasteiger partial charge on any atom is -0.250 e. The molecule has 0 fully saturated rings. The van der Waals surface area contributed by atoms with Crippen molar-refractivity contribution in [2.75, 3.05) is 0 Å². The molecule has 2 aromatic rings. The summed E-state index contributed by atoms with van der Waals surface area (Å²) < 4.78 is 0. The van der Waals surface area contributed by atoms with Crippen molar-refractivity contribution in [3.05, 3.63) is 59.8 Å². The molecule has 0 saturated carbocycles. The van der Waals surface area contributed by atoms with Gasteiger partial charge in [0, 0.05) is 11.9 Å². The Kier molecular flexibility index (Phi) is 4.21. The predicted octanol–water partition coefficient (Wildman–Crippen LogP) is 4.50. The molecule has 0 N–H and O–H groups in total. The third-order valence-corrected chi connectivity index (χ3v) is 3.67. The van der Waals surface area contributed by atoms with Gasteiger partial charge in [-0.25, -0.2) is 4.98 Å². The molecular formula is C15H17NS. The van der Waals surface area contributed by atoms with Crippen molar-refractivity contribution in [2.45, 2.75) is 30.5 Å². The van der Waals surface area contributed by atoms with E-state index in [1.807, 2.05) is 12.3 Å². The summed E-state index contributed by atoms with van der Waals surface area (Å²) in [6.45, 7) is 4.38. The zero-order chi connectivity index (χ0) is 12.1. The first-order valence-electron chi connectivity index (χ1n) is 5.88. The van der Waals surface area contributed by atoms with E-state index in [1.54, 1.807) is 11.8 Å². The molecule has 0 saturated heterocycles. The van der Waals surface area contributed by atoms with E-state index in [9.17, 15) is 0 Å². The fourth-order valence-electron chi connectivity index (χ4n) is 1.55. The van der Waals surface area contributed by atoms with Crippen LogP contribution in [0, 0.1) is 0 Å². The van der Waals surface area contributed by atoms with Crippen LogP contribution in [0.15, 0.2) is 53.7 Å². The Morgan fingerprint density at radius 3 is 2.41 bits per heavy atom. The third-order valence-electron chi connectivity index (χ3n) is 2.66. The number of thioether (sulfide) groups is 1. The number of aromatic nitrogens is 1. The highest BCUT2D eigenvalue weighted by molar-refractivity contribution is 7.98. The predicted molar refractivity (Wildman–Crippen MR) is 74.3 cm³/mol. The summed E-state index contributed by atoms with van der Waals surface area (Å²) in [7, 11) is 0. The minimum absolute atomic E-state index is 0.552. The summed E-state index contributed by atoms with van der Waals surface area (Å²) >= 11 is 1.78. The lowest BCUT2D eigenvalue weighted by Crippen LogP contribution is -1.89. The lowest BCUT2D eigenvalue weighted by molar-refractivity contribution is 0.850. The Bertz CT molecular complexity index is 448. The fourth-order valence-corrected chi connectivity index (χ4v) is 2.35. The van der Waals surface area contributed by atoms with Gasteiger partial charge in [0.15, 0.2) is 0 Å². The van der Waals surface area contributed by atoms with Crippen molar-refractivity contribution in [3.8, 4) is 0 Å². The van der Waals surface area contributed by atoms with Gasteiger partial charge in [-0.05, 0) is 23.1 Å². The first kappa shape index (κ1) is 12.2. The second-order valence-corrected chi connectivity index (χ2v) is 5.35. The van der Waals surface area contributed by atoms with E-state index in [1.165, 1.54) is 11.1 Å². The Morgan fingerprint density at radius 2 is 1.82 bits per heavy atom. The van der Waals surface area contributed by atoms with Crippen LogP contribution >= 0.6 is 11.8 Å². The van der Waals surface area contributed by atoms with Crippen molar-refractivity contribution in [1.82, 2.24) is 4.98 Å². The standard InChI is InChI=1S/C15H17NS/c1-12(2)14-8-9-15(16-10-14)17-11-13-6-4-3-5-7-13/h3-10,12H,11H2,1-2H3. The molecule has 2 heteroatoms. The average molecular weight is 243 g/mol. The van der Waals surface area contributed by atoms with E-state index < -0.39 is 0 Å². The summed E-state index contributed by atoms with van der Waals surface area (Å²) in [5.41, 5.74) is 2.64. The van der Waals surface area contributed by atoms with Gasteiger partial charge in [-0.15, -0.1) is 11.8 Å².